The highest BCUT2D eigenvalue weighted by atomic mass is 32.2. The summed E-state index contributed by atoms with van der Waals surface area (Å²) in [5.74, 6) is 0. The molecular weight excluding hydrogens is 198 g/mol. The molecule has 1 saturated heterocycles. The first-order valence-electron chi connectivity index (χ1n) is 4.61. The Morgan fingerprint density at radius 1 is 1.36 bits per heavy atom. The molecule has 0 bridgehead atoms. The summed E-state index contributed by atoms with van der Waals surface area (Å²) in [6, 6.07) is 7.21. The third kappa shape index (κ3) is 1.96. The van der Waals surface area contributed by atoms with Gasteiger partial charge >= 0.3 is 0 Å². The first kappa shape index (κ1) is 9.68. The van der Waals surface area contributed by atoms with Gasteiger partial charge in [0.15, 0.2) is 0 Å². The largest absolute Gasteiger partial charge is 0.399 e. The van der Waals surface area contributed by atoms with Gasteiger partial charge in [-0.3, -0.25) is 4.21 Å². The van der Waals surface area contributed by atoms with Gasteiger partial charge in [0.1, 0.15) is 0 Å². The summed E-state index contributed by atoms with van der Waals surface area (Å²) in [6.07, 6.45) is 0.886. The minimum absolute atomic E-state index is 0.152. The molecule has 1 aliphatic rings. The van der Waals surface area contributed by atoms with Crippen molar-refractivity contribution in [1.29, 1.82) is 0 Å². The van der Waals surface area contributed by atoms with Gasteiger partial charge in [0, 0.05) is 17.2 Å². The van der Waals surface area contributed by atoms with Crippen LogP contribution in [0.1, 0.15) is 6.42 Å². The van der Waals surface area contributed by atoms with E-state index in [1.807, 2.05) is 12.1 Å². The Morgan fingerprint density at radius 2 is 2.07 bits per heavy atom. The molecule has 3 nitrogen and oxygen atoms in total. The highest BCUT2D eigenvalue weighted by Crippen LogP contribution is 2.19. The van der Waals surface area contributed by atoms with Crippen LogP contribution in [0.2, 0.25) is 0 Å². The molecule has 2 unspecified atom stereocenters. The molecule has 0 aromatic heterocycles. The van der Waals surface area contributed by atoms with Gasteiger partial charge in [0.2, 0.25) is 0 Å². The van der Waals surface area contributed by atoms with E-state index in [4.69, 9.17) is 10.5 Å². The van der Waals surface area contributed by atoms with Crippen molar-refractivity contribution < 1.29 is 8.95 Å². The second-order valence-corrected chi connectivity index (χ2v) is 5.08. The quantitative estimate of drug-likeness (QED) is 0.747. The predicted octanol–water partition coefficient (Wildman–Crippen LogP) is 1.17. The molecule has 2 rings (SSSR count). The first-order chi connectivity index (χ1) is 6.77. The lowest BCUT2D eigenvalue weighted by Gasteiger charge is -2.07. The molecule has 1 heterocycles. The van der Waals surface area contributed by atoms with Crippen LogP contribution in [0.3, 0.4) is 0 Å². The second kappa shape index (κ2) is 4.11. The van der Waals surface area contributed by atoms with Crippen LogP contribution in [0.25, 0.3) is 0 Å². The number of nitrogens with two attached hydrogens (primary N) is 1. The molecule has 1 aromatic carbocycles. The van der Waals surface area contributed by atoms with Crippen molar-refractivity contribution in [1.82, 2.24) is 0 Å². The van der Waals surface area contributed by atoms with E-state index in [0.29, 0.717) is 12.3 Å². The van der Waals surface area contributed by atoms with Crippen molar-refractivity contribution in [2.24, 2.45) is 0 Å². The van der Waals surface area contributed by atoms with Gasteiger partial charge in [-0.05, 0) is 30.7 Å². The van der Waals surface area contributed by atoms with Crippen LogP contribution in [0.15, 0.2) is 29.2 Å². The molecule has 2 atom stereocenters. The van der Waals surface area contributed by atoms with E-state index in [1.54, 1.807) is 12.1 Å². The summed E-state index contributed by atoms with van der Waals surface area (Å²) in [7, 11) is -0.948. The molecule has 4 heteroatoms. The number of anilines is 1. The van der Waals surface area contributed by atoms with Gasteiger partial charge < -0.3 is 10.5 Å². The van der Waals surface area contributed by atoms with Crippen LogP contribution in [0.4, 0.5) is 5.69 Å². The van der Waals surface area contributed by atoms with Crippen LogP contribution in [-0.4, -0.2) is 22.7 Å². The standard InChI is InChI=1S/C10H13NO2S/c11-8-1-3-9(4-2-8)14(12)10-5-6-13-7-10/h1-4,10H,5-7,11H2. The van der Waals surface area contributed by atoms with Crippen LogP contribution >= 0.6 is 0 Å². The van der Waals surface area contributed by atoms with Gasteiger partial charge in [-0.15, -0.1) is 0 Å². The number of hydrogen-bond acceptors (Lipinski definition) is 3. The Kier molecular flexibility index (Phi) is 2.84. The SMILES string of the molecule is Nc1ccc(S(=O)C2CCOC2)cc1. The van der Waals surface area contributed by atoms with E-state index in [-0.39, 0.29) is 5.25 Å². The molecule has 0 amide bonds. The monoisotopic (exact) mass is 211 g/mol. The van der Waals surface area contributed by atoms with Crippen molar-refractivity contribution in [3.8, 4) is 0 Å². The molecule has 0 spiro atoms. The van der Waals surface area contributed by atoms with E-state index >= 15 is 0 Å². The molecule has 0 saturated carbocycles. The highest BCUT2D eigenvalue weighted by Gasteiger charge is 2.23. The lowest BCUT2D eigenvalue weighted by Crippen LogP contribution is -2.14. The molecular formula is C10H13NO2S. The van der Waals surface area contributed by atoms with Crippen molar-refractivity contribution >= 4 is 16.5 Å². The van der Waals surface area contributed by atoms with E-state index < -0.39 is 10.8 Å². The lowest BCUT2D eigenvalue weighted by molar-refractivity contribution is 0.199. The van der Waals surface area contributed by atoms with E-state index in [1.165, 1.54) is 0 Å². The molecule has 1 aromatic rings. The van der Waals surface area contributed by atoms with E-state index in [2.05, 4.69) is 0 Å². The van der Waals surface area contributed by atoms with Crippen LogP contribution in [0.5, 0.6) is 0 Å². The third-order valence-corrected chi connectivity index (χ3v) is 4.02. The maximum atomic E-state index is 11.9. The van der Waals surface area contributed by atoms with Gasteiger partial charge in [0.05, 0.1) is 22.7 Å². The van der Waals surface area contributed by atoms with Crippen molar-refractivity contribution in [3.63, 3.8) is 0 Å². The van der Waals surface area contributed by atoms with E-state index in [0.717, 1.165) is 17.9 Å². The number of benzene rings is 1. The molecule has 1 fully saturated rings. The van der Waals surface area contributed by atoms with E-state index in [9.17, 15) is 4.21 Å². The molecule has 0 aliphatic carbocycles. The topological polar surface area (TPSA) is 52.3 Å². The minimum Gasteiger partial charge on any atom is -0.399 e. The Bertz CT molecular complexity index is 330. The molecule has 2 N–H and O–H groups in total. The fraction of sp³-hybridized carbons (Fsp3) is 0.400. The number of rotatable bonds is 2. The summed E-state index contributed by atoms with van der Waals surface area (Å²) >= 11 is 0. The Hall–Kier alpha value is -0.870. The molecule has 1 aliphatic heterocycles. The Morgan fingerprint density at radius 3 is 2.64 bits per heavy atom. The third-order valence-electron chi connectivity index (χ3n) is 2.30. The Labute approximate surface area is 85.7 Å². The van der Waals surface area contributed by atoms with Crippen LogP contribution in [-0.2, 0) is 15.5 Å². The number of ether oxygens (including phenoxy) is 1. The van der Waals surface area contributed by atoms with Gasteiger partial charge in [-0.2, -0.15) is 0 Å². The summed E-state index contributed by atoms with van der Waals surface area (Å²) in [4.78, 5) is 0.842. The average molecular weight is 211 g/mol. The molecule has 0 radical (unpaired) electrons. The lowest BCUT2D eigenvalue weighted by atomic mass is 10.3. The summed E-state index contributed by atoms with van der Waals surface area (Å²) in [5.41, 5.74) is 6.26. The van der Waals surface area contributed by atoms with Crippen molar-refractivity contribution in [2.45, 2.75) is 16.6 Å². The van der Waals surface area contributed by atoms with Crippen LogP contribution < -0.4 is 5.73 Å². The fourth-order valence-electron chi connectivity index (χ4n) is 1.48. The predicted molar refractivity (Wildman–Crippen MR) is 56.5 cm³/mol. The Balaban J connectivity index is 2.14. The number of nitrogen functional groups attached to an aromatic ring is 1. The zero-order valence-corrected chi connectivity index (χ0v) is 8.63. The van der Waals surface area contributed by atoms with Crippen molar-refractivity contribution in [2.75, 3.05) is 18.9 Å². The van der Waals surface area contributed by atoms with Crippen molar-refractivity contribution in [3.05, 3.63) is 24.3 Å². The highest BCUT2D eigenvalue weighted by molar-refractivity contribution is 7.85. The number of hydrogen-bond donors (Lipinski definition) is 1. The molecule has 14 heavy (non-hydrogen) atoms. The summed E-state index contributed by atoms with van der Waals surface area (Å²) in [5, 5.41) is 0.152. The normalized spacial score (nSPS) is 23.6. The van der Waals surface area contributed by atoms with Crippen LogP contribution in [0, 0.1) is 0 Å². The smallest absolute Gasteiger partial charge is 0.0650 e. The van der Waals surface area contributed by atoms with Gasteiger partial charge in [-0.1, -0.05) is 0 Å². The average Bonchev–Trinajstić information content (AvgIpc) is 2.71. The fourth-order valence-corrected chi connectivity index (χ4v) is 2.80. The van der Waals surface area contributed by atoms with Gasteiger partial charge in [0.25, 0.3) is 0 Å². The van der Waals surface area contributed by atoms with Gasteiger partial charge in [-0.25, -0.2) is 0 Å². The zero-order valence-electron chi connectivity index (χ0n) is 7.81. The summed E-state index contributed by atoms with van der Waals surface area (Å²) < 4.78 is 17.2. The maximum Gasteiger partial charge on any atom is 0.0650 e. The molecule has 76 valence electrons. The summed E-state index contributed by atoms with van der Waals surface area (Å²) in [6.45, 7) is 1.34. The minimum atomic E-state index is -0.948. The second-order valence-electron chi connectivity index (χ2n) is 3.35. The zero-order chi connectivity index (χ0) is 9.97. The maximum absolute atomic E-state index is 11.9. The first-order valence-corrected chi connectivity index (χ1v) is 5.82.